The second kappa shape index (κ2) is 20.0. The zero-order valence-electron chi connectivity index (χ0n) is 50.3. The van der Waals surface area contributed by atoms with E-state index in [0.717, 1.165) is 77.4 Å². The first-order chi connectivity index (χ1) is 46.5. The van der Waals surface area contributed by atoms with Crippen LogP contribution in [0.2, 0.25) is 0 Å². The molecule has 8 heteroatoms. The van der Waals surface area contributed by atoms with Gasteiger partial charge in [-0.15, -0.1) is 34.0 Å². The van der Waals surface area contributed by atoms with Crippen molar-refractivity contribution in [3.05, 3.63) is 297 Å². The van der Waals surface area contributed by atoms with E-state index in [1.165, 1.54) is 115 Å². The van der Waals surface area contributed by atoms with Gasteiger partial charge in [-0.3, -0.25) is 4.57 Å². The molecule has 0 aliphatic carbocycles. The molecule has 0 spiro atoms. The third-order valence-corrected chi connectivity index (χ3v) is 23.1. The molecule has 0 atom stereocenters. The summed E-state index contributed by atoms with van der Waals surface area (Å²) >= 11 is 5.57. The zero-order valence-corrected chi connectivity index (χ0v) is 52.7. The van der Waals surface area contributed by atoms with Gasteiger partial charge in [-0.05, 0) is 173 Å². The monoisotopic (exact) mass is 1250 g/mol. The smallest absolute Gasteiger partial charge is 0.235 e. The Bertz CT molecular complexity index is 6810. The minimum absolute atomic E-state index is 0.618. The van der Waals surface area contributed by atoms with E-state index in [0.29, 0.717) is 5.95 Å². The van der Waals surface area contributed by atoms with Crippen molar-refractivity contribution in [3.8, 4) is 62.0 Å². The lowest BCUT2D eigenvalue weighted by Crippen LogP contribution is -2.04. The van der Waals surface area contributed by atoms with E-state index in [-0.39, 0.29) is 0 Å². The maximum atomic E-state index is 5.78. The lowest BCUT2D eigenvalue weighted by molar-refractivity contribution is 1.01. The Morgan fingerprint density at radius 2 is 0.521 bits per heavy atom. The summed E-state index contributed by atoms with van der Waals surface area (Å²) in [6.07, 6.45) is 0. The topological polar surface area (TPSA) is 40.6 Å². The van der Waals surface area contributed by atoms with Gasteiger partial charge in [-0.25, -0.2) is 9.97 Å². The van der Waals surface area contributed by atoms with Gasteiger partial charge in [-0.2, -0.15) is 0 Å². The van der Waals surface area contributed by atoms with E-state index < -0.39 is 0 Å². The highest BCUT2D eigenvalue weighted by molar-refractivity contribution is 7.26. The molecule has 0 fully saturated rings. The van der Waals surface area contributed by atoms with Crippen molar-refractivity contribution >= 4 is 171 Å². The quantitative estimate of drug-likeness (QED) is 0.160. The first kappa shape index (κ1) is 52.1. The molecule has 7 aromatic heterocycles. The largest absolute Gasteiger partial charge is 0.309 e. The molecule has 94 heavy (non-hydrogen) atoms. The van der Waals surface area contributed by atoms with Gasteiger partial charge in [0.15, 0.2) is 0 Å². The van der Waals surface area contributed by atoms with E-state index in [9.17, 15) is 0 Å². The molecule has 14 aromatic carbocycles. The molecule has 7 heterocycles. The minimum atomic E-state index is 0.618. The van der Waals surface area contributed by atoms with Crippen molar-refractivity contribution in [1.29, 1.82) is 0 Å². The normalized spacial score (nSPS) is 12.3. The molecule has 0 radical (unpaired) electrons. The fourth-order valence-electron chi connectivity index (χ4n) is 15.3. The van der Waals surface area contributed by atoms with Crippen LogP contribution in [-0.2, 0) is 0 Å². The van der Waals surface area contributed by atoms with Gasteiger partial charge in [0.1, 0.15) is 0 Å². The van der Waals surface area contributed by atoms with Gasteiger partial charge < -0.3 is 9.13 Å². The van der Waals surface area contributed by atoms with Gasteiger partial charge in [0.2, 0.25) is 5.95 Å². The first-order valence-electron chi connectivity index (χ1n) is 31.8. The lowest BCUT2D eigenvalue weighted by Gasteiger charge is -2.15. The van der Waals surface area contributed by atoms with Crippen LogP contribution in [0.15, 0.2) is 297 Å². The Hall–Kier alpha value is -11.5. The summed E-state index contributed by atoms with van der Waals surface area (Å²) in [5.41, 5.74) is 18.7. The Kier molecular flexibility index (Phi) is 11.1. The number of benzene rings is 14. The van der Waals surface area contributed by atoms with E-state index in [1.54, 1.807) is 0 Å². The third kappa shape index (κ3) is 7.79. The van der Waals surface area contributed by atoms with E-state index >= 15 is 0 Å². The van der Waals surface area contributed by atoms with E-state index in [2.05, 4.69) is 311 Å². The maximum Gasteiger partial charge on any atom is 0.235 e. The van der Waals surface area contributed by atoms with Crippen LogP contribution in [0.3, 0.4) is 0 Å². The molecular weight excluding hydrogens is 1200 g/mol. The lowest BCUT2D eigenvalue weighted by atomic mass is 10.0. The second-order valence-electron chi connectivity index (χ2n) is 24.8. The number of para-hydroxylation sites is 3. The molecular formula is C86H49N5S3. The molecule has 21 rings (SSSR count). The summed E-state index contributed by atoms with van der Waals surface area (Å²) in [6, 6.07) is 110. The van der Waals surface area contributed by atoms with Gasteiger partial charge in [0.25, 0.3) is 0 Å². The number of hydrogen-bond acceptors (Lipinski definition) is 5. The predicted molar refractivity (Wildman–Crippen MR) is 403 cm³/mol. The average molecular weight is 1250 g/mol. The number of nitrogens with zero attached hydrogens (tertiary/aromatic N) is 5. The van der Waals surface area contributed by atoms with Crippen LogP contribution >= 0.6 is 34.0 Å². The van der Waals surface area contributed by atoms with Crippen LogP contribution in [0, 0.1) is 0 Å². The maximum absolute atomic E-state index is 5.78. The number of fused-ring (bicyclic) bond motifs is 19. The minimum Gasteiger partial charge on any atom is -0.309 e. The highest BCUT2D eigenvalue weighted by Gasteiger charge is 2.22. The number of hydrogen-bond donors (Lipinski definition) is 0. The number of aromatic nitrogens is 5. The van der Waals surface area contributed by atoms with Crippen molar-refractivity contribution in [2.24, 2.45) is 0 Å². The van der Waals surface area contributed by atoms with E-state index in [1.807, 2.05) is 34.0 Å². The van der Waals surface area contributed by atoms with Crippen LogP contribution in [0.5, 0.6) is 0 Å². The van der Waals surface area contributed by atoms with Gasteiger partial charge in [0, 0.05) is 115 Å². The molecule has 0 aliphatic heterocycles. The predicted octanol–water partition coefficient (Wildman–Crippen LogP) is 24.7. The molecule has 0 unspecified atom stereocenters. The first-order valence-corrected chi connectivity index (χ1v) is 34.3. The SMILES string of the molecule is c1ccc2c(c1)sc1ccc(-c3ccc4c(c3)c3ccccc3n4-c3ccc(-c4nc(-n5c6ccccc6c6cc(-c7ccc8sc9ccccc9c8c7)ccc65)nc5ccc(-n6c7ccccc7c7cc(-c8ccc9sc%10ccccc%10c9c8)ccc76)cc45)cc3)cc12. The number of thiophene rings is 3. The summed E-state index contributed by atoms with van der Waals surface area (Å²) in [5, 5.41) is 15.9. The molecule has 0 saturated carbocycles. The van der Waals surface area contributed by atoms with Crippen molar-refractivity contribution < 1.29 is 0 Å². The summed E-state index contributed by atoms with van der Waals surface area (Å²) in [4.78, 5) is 11.4. The van der Waals surface area contributed by atoms with Crippen molar-refractivity contribution in [2.75, 3.05) is 0 Å². The summed E-state index contributed by atoms with van der Waals surface area (Å²) in [6.45, 7) is 0. The van der Waals surface area contributed by atoms with E-state index in [4.69, 9.17) is 9.97 Å². The third-order valence-electron chi connectivity index (χ3n) is 19.7. The Balaban J connectivity index is 0.731. The molecule has 21 aromatic rings. The van der Waals surface area contributed by atoms with Crippen LogP contribution in [0.4, 0.5) is 0 Å². The standard InChI is InChI=1S/C86H49N5S3/c1-7-19-73-59(13-1)65-43-51(54-30-40-82-68(46-54)62-16-4-10-22-79(62)92-82)27-37-76(65)89(73)57-33-25-50(26-34-57)85-71-49-58(90-74-20-8-2-14-60(74)66-44-52(28-38-77(66)90)55-31-41-83-69(47-55)63-17-5-11-23-80(63)93-83)35-36-72(71)87-86(88-85)91-75-21-9-3-15-61(75)67-45-53(29-39-78(67)91)56-32-42-84-70(48-56)64-18-6-12-24-81(64)94-84/h1-49H. The van der Waals surface area contributed by atoms with Crippen LogP contribution in [-0.4, -0.2) is 23.7 Å². The summed E-state index contributed by atoms with van der Waals surface area (Å²) < 4.78 is 15.0. The molecule has 0 amide bonds. The summed E-state index contributed by atoms with van der Waals surface area (Å²) in [7, 11) is 0. The Morgan fingerprint density at radius 3 is 0.968 bits per heavy atom. The van der Waals surface area contributed by atoms with Crippen molar-refractivity contribution in [3.63, 3.8) is 0 Å². The zero-order chi connectivity index (χ0) is 61.3. The number of rotatable bonds is 7. The van der Waals surface area contributed by atoms with Crippen molar-refractivity contribution in [2.45, 2.75) is 0 Å². The second-order valence-corrected chi connectivity index (χ2v) is 28.1. The fourth-order valence-corrected chi connectivity index (χ4v) is 18.5. The Morgan fingerprint density at radius 1 is 0.202 bits per heavy atom. The molecule has 0 bridgehead atoms. The highest BCUT2D eigenvalue weighted by atomic mass is 32.1. The highest BCUT2D eigenvalue weighted by Crippen LogP contribution is 2.45. The Labute approximate surface area is 549 Å². The molecule has 5 nitrogen and oxygen atoms in total. The van der Waals surface area contributed by atoms with Crippen LogP contribution in [0.25, 0.3) is 199 Å². The molecule has 0 N–H and O–H groups in total. The molecule has 0 saturated heterocycles. The van der Waals surface area contributed by atoms with Gasteiger partial charge in [-0.1, -0.05) is 158 Å². The van der Waals surface area contributed by atoms with Gasteiger partial charge in [0.05, 0.1) is 44.3 Å². The van der Waals surface area contributed by atoms with Crippen LogP contribution < -0.4 is 0 Å². The fraction of sp³-hybridized carbons (Fsp3) is 0. The van der Waals surface area contributed by atoms with Crippen molar-refractivity contribution in [1.82, 2.24) is 23.7 Å². The molecule has 436 valence electrons. The van der Waals surface area contributed by atoms with Gasteiger partial charge >= 0.3 is 0 Å². The van der Waals surface area contributed by atoms with Crippen LogP contribution in [0.1, 0.15) is 0 Å². The summed E-state index contributed by atoms with van der Waals surface area (Å²) in [5.74, 6) is 0.618. The molecule has 0 aliphatic rings. The average Bonchev–Trinajstić information content (AvgIpc) is 1.54.